The molecule has 0 N–H and O–H groups in total. The fourth-order valence-corrected chi connectivity index (χ4v) is 6.42. The number of fused-ring (bicyclic) bond motifs is 12. The molecule has 9 rings (SSSR count). The normalized spacial score (nSPS) is 13.8. The largest absolute Gasteiger partial charge is 0.455 e. The first-order valence-corrected chi connectivity index (χ1v) is 15.7. The van der Waals surface area contributed by atoms with Crippen molar-refractivity contribution in [1.82, 2.24) is 9.97 Å². The molecule has 0 aliphatic heterocycles. The molecule has 0 spiro atoms. The fraction of sp³-hybridized carbons (Fsp3) is 0.136. The van der Waals surface area contributed by atoms with Gasteiger partial charge in [-0.1, -0.05) is 80.8 Å². The van der Waals surface area contributed by atoms with Gasteiger partial charge in [0.25, 0.3) is 0 Å². The van der Waals surface area contributed by atoms with Crippen molar-refractivity contribution >= 4 is 65.2 Å². The number of furan rings is 1. The number of pyridine rings is 2. The van der Waals surface area contributed by atoms with Crippen LogP contribution in [-0.4, -0.2) is 9.97 Å². The van der Waals surface area contributed by atoms with E-state index >= 15 is 0 Å². The minimum atomic E-state index is -2.57. The molecule has 0 saturated heterocycles. The van der Waals surface area contributed by atoms with Crippen LogP contribution in [0, 0.1) is 24.4 Å². The molecule has 9 aromatic rings. The van der Waals surface area contributed by atoms with E-state index in [-0.39, 0.29) is 31.2 Å². The van der Waals surface area contributed by atoms with Crippen LogP contribution in [-0.2, 0) is 26.5 Å². The predicted octanol–water partition coefficient (Wildman–Crippen LogP) is 11.8. The Hall–Kier alpha value is -4.89. The molecule has 3 heterocycles. The zero-order chi connectivity index (χ0) is 36.4. The molecule has 3 nitrogen and oxygen atoms in total. The molecule has 4 heteroatoms. The van der Waals surface area contributed by atoms with E-state index in [0.717, 1.165) is 49.2 Å². The number of benzene rings is 6. The second kappa shape index (κ2) is 12.6. The van der Waals surface area contributed by atoms with E-state index in [4.69, 9.17) is 13.5 Å². The second-order valence-corrected chi connectivity index (χ2v) is 12.7. The summed E-state index contributed by atoms with van der Waals surface area (Å²) in [5.41, 5.74) is 2.99. The van der Waals surface area contributed by atoms with Gasteiger partial charge in [-0.2, -0.15) is 0 Å². The molecular formula is C44H34IrN2O-2. The zero-order valence-electron chi connectivity index (χ0n) is 31.7. The third kappa shape index (κ3) is 5.56. The molecule has 0 fully saturated rings. The standard InChI is InChI=1S/C33H26NO.C11H8N.Ir/c1-19-18-34-30-24-12-8-7-11-22(24)23-15-16-26-25-14-13-20-9-5-6-10-21(20)31(25)35-32(26)29(23)28(30)27(19)17-33(2,3)4;1-2-6-10(7-3-1)11-8-4-5-9-12-11;/h5-11,13-16,18H,17H2,1-4H3;1-6,8-9H;/q2*-1;/i1D3,17D2;;. The van der Waals surface area contributed by atoms with Crippen LogP contribution >= 0.6 is 0 Å². The predicted molar refractivity (Wildman–Crippen MR) is 197 cm³/mol. The van der Waals surface area contributed by atoms with Crippen molar-refractivity contribution in [2.24, 2.45) is 5.41 Å². The second-order valence-electron chi connectivity index (χ2n) is 12.7. The molecule has 237 valence electrons. The van der Waals surface area contributed by atoms with Crippen molar-refractivity contribution in [3.05, 3.63) is 145 Å². The number of hydrogen-bond acceptors (Lipinski definition) is 3. The van der Waals surface area contributed by atoms with Gasteiger partial charge < -0.3 is 14.4 Å². The summed E-state index contributed by atoms with van der Waals surface area (Å²) in [5, 5.41) is 7.45. The summed E-state index contributed by atoms with van der Waals surface area (Å²) in [4.78, 5) is 8.91. The van der Waals surface area contributed by atoms with Crippen LogP contribution in [0.2, 0.25) is 0 Å². The van der Waals surface area contributed by atoms with Crippen LogP contribution in [0.5, 0.6) is 0 Å². The fourth-order valence-electron chi connectivity index (χ4n) is 6.42. The van der Waals surface area contributed by atoms with Gasteiger partial charge in [-0.05, 0) is 69.3 Å². The molecule has 0 aliphatic rings. The van der Waals surface area contributed by atoms with Crippen LogP contribution in [0.1, 0.15) is 38.8 Å². The first-order chi connectivity index (χ1) is 24.9. The van der Waals surface area contributed by atoms with Gasteiger partial charge in [0.1, 0.15) is 11.2 Å². The maximum atomic E-state index is 9.38. The van der Waals surface area contributed by atoms with E-state index in [2.05, 4.69) is 23.2 Å². The molecule has 0 unspecified atom stereocenters. The van der Waals surface area contributed by atoms with E-state index < -0.39 is 18.6 Å². The molecule has 0 amide bonds. The molecule has 0 aliphatic carbocycles. The van der Waals surface area contributed by atoms with Crippen molar-refractivity contribution in [1.29, 1.82) is 0 Å². The van der Waals surface area contributed by atoms with Crippen LogP contribution in [0.3, 0.4) is 0 Å². The smallest absolute Gasteiger partial charge is 0.143 e. The molecule has 0 atom stereocenters. The summed E-state index contributed by atoms with van der Waals surface area (Å²) in [7, 11) is 0. The minimum Gasteiger partial charge on any atom is -0.455 e. The van der Waals surface area contributed by atoms with E-state index in [9.17, 15) is 2.74 Å². The van der Waals surface area contributed by atoms with Gasteiger partial charge in [-0.3, -0.25) is 0 Å². The summed E-state index contributed by atoms with van der Waals surface area (Å²) in [5.74, 6) is 0. The zero-order valence-corrected chi connectivity index (χ0v) is 29.1. The Morgan fingerprint density at radius 3 is 2.25 bits per heavy atom. The van der Waals surface area contributed by atoms with E-state index in [1.807, 2.05) is 97.1 Å². The Morgan fingerprint density at radius 1 is 0.708 bits per heavy atom. The first-order valence-electron chi connectivity index (χ1n) is 18.2. The van der Waals surface area contributed by atoms with Crippen LogP contribution in [0.25, 0.3) is 76.4 Å². The Balaban J connectivity index is 0.000000284. The molecule has 6 aromatic carbocycles. The average Bonchev–Trinajstić information content (AvgIpc) is 3.54. The topological polar surface area (TPSA) is 38.9 Å². The number of aryl methyl sites for hydroxylation is 1. The van der Waals surface area contributed by atoms with Crippen LogP contribution in [0.15, 0.2) is 126 Å². The van der Waals surface area contributed by atoms with Gasteiger partial charge in [-0.25, -0.2) is 0 Å². The maximum Gasteiger partial charge on any atom is 0.143 e. The van der Waals surface area contributed by atoms with Gasteiger partial charge in [0.05, 0.1) is 0 Å². The van der Waals surface area contributed by atoms with E-state index in [1.165, 1.54) is 6.20 Å². The number of aromatic nitrogens is 2. The van der Waals surface area contributed by atoms with Gasteiger partial charge in [0.15, 0.2) is 0 Å². The monoisotopic (exact) mass is 804 g/mol. The van der Waals surface area contributed by atoms with Gasteiger partial charge >= 0.3 is 0 Å². The quantitative estimate of drug-likeness (QED) is 0.129. The third-order valence-electron chi connectivity index (χ3n) is 8.39. The Morgan fingerprint density at radius 2 is 1.46 bits per heavy atom. The molecule has 0 bridgehead atoms. The molecule has 48 heavy (non-hydrogen) atoms. The Bertz CT molecular complexity index is 2750. The van der Waals surface area contributed by atoms with Crippen molar-refractivity contribution < 1.29 is 31.4 Å². The van der Waals surface area contributed by atoms with E-state index in [0.29, 0.717) is 27.3 Å². The van der Waals surface area contributed by atoms with Crippen LogP contribution < -0.4 is 0 Å². The van der Waals surface area contributed by atoms with E-state index in [1.54, 1.807) is 33.0 Å². The van der Waals surface area contributed by atoms with Crippen molar-refractivity contribution in [3.63, 3.8) is 0 Å². The molecule has 0 saturated carbocycles. The minimum absolute atomic E-state index is 0. The Labute approximate surface area is 301 Å². The average molecular weight is 804 g/mol. The first kappa shape index (κ1) is 26.1. The SMILES string of the molecule is [2H]C([2H])([2H])c1cnc2c3[c-]cccc3c3ccc4c5ccc6ccccc6c5oc4c3c2c1C([2H])([2H])C(C)(C)C.[Ir].[c-]1ccccc1-c1ccccn1. The summed E-state index contributed by atoms with van der Waals surface area (Å²) in [6, 6.07) is 42.1. The van der Waals surface area contributed by atoms with Crippen LogP contribution in [0.4, 0.5) is 0 Å². The maximum absolute atomic E-state index is 9.38. The van der Waals surface area contributed by atoms with Crippen molar-refractivity contribution in [3.8, 4) is 11.3 Å². The number of nitrogens with zero attached hydrogens (tertiary/aromatic N) is 2. The number of hydrogen-bond donors (Lipinski definition) is 0. The van der Waals surface area contributed by atoms with Crippen molar-refractivity contribution in [2.45, 2.75) is 34.0 Å². The van der Waals surface area contributed by atoms with Gasteiger partial charge in [0, 0.05) is 60.9 Å². The summed E-state index contributed by atoms with van der Waals surface area (Å²) >= 11 is 0. The summed E-state index contributed by atoms with van der Waals surface area (Å²) < 4.78 is 50.6. The summed E-state index contributed by atoms with van der Waals surface area (Å²) in [6.45, 7) is 2.80. The molecular weight excluding hydrogens is 765 g/mol. The number of rotatable bonds is 2. The van der Waals surface area contributed by atoms with Gasteiger partial charge in [-0.15, -0.1) is 65.5 Å². The summed E-state index contributed by atoms with van der Waals surface area (Å²) in [6.07, 6.45) is 1.09. The third-order valence-corrected chi connectivity index (χ3v) is 8.39. The van der Waals surface area contributed by atoms with Crippen molar-refractivity contribution in [2.75, 3.05) is 0 Å². The molecule has 3 aromatic heterocycles. The Kier molecular flexibility index (Phi) is 6.86. The van der Waals surface area contributed by atoms with Gasteiger partial charge in [0.2, 0.25) is 0 Å². The molecule has 1 radical (unpaired) electrons.